The highest BCUT2D eigenvalue weighted by Crippen LogP contribution is 2.37. The van der Waals surface area contributed by atoms with Crippen LogP contribution in [0.1, 0.15) is 19.3 Å². The first-order valence-electron chi connectivity index (χ1n) is 8.10. The number of methoxy groups -OCH3 is 1. The second kappa shape index (κ2) is 7.01. The molecule has 1 aliphatic rings. The number of nitrogens with zero attached hydrogens (tertiary/aromatic N) is 3. The number of hydrogen-bond acceptors (Lipinski definition) is 6. The number of thioether (sulfide) groups is 1. The van der Waals surface area contributed by atoms with Crippen molar-refractivity contribution in [2.45, 2.75) is 29.7 Å². The van der Waals surface area contributed by atoms with E-state index in [1.54, 1.807) is 18.4 Å². The molecule has 0 spiro atoms. The van der Waals surface area contributed by atoms with Crippen molar-refractivity contribution in [3.05, 3.63) is 41.8 Å². The van der Waals surface area contributed by atoms with E-state index in [1.807, 2.05) is 46.3 Å². The Morgan fingerprint density at radius 2 is 2.12 bits per heavy atom. The standard InChI is InChI=1S/C18H17N3O2S2/c1-23-14-8-3-2-6-12(14)21-17(16-10-5-11-24-16)19-20-18(21)25-15-9-4-7-13(15)22/h2-3,5-6,8,10-11,15H,4,7,9H2,1H3/t15-/m0/s1. The number of carbonyl (C=O) groups is 1. The Bertz CT molecular complexity index is 890. The maximum absolute atomic E-state index is 12.1. The molecule has 0 amide bonds. The Hall–Kier alpha value is -2.12. The zero-order valence-electron chi connectivity index (χ0n) is 13.7. The van der Waals surface area contributed by atoms with Crippen LogP contribution in [0, 0.1) is 0 Å². The predicted molar refractivity (Wildman–Crippen MR) is 99.7 cm³/mol. The van der Waals surface area contributed by atoms with Gasteiger partial charge in [0.1, 0.15) is 11.5 Å². The van der Waals surface area contributed by atoms with Crippen molar-refractivity contribution >= 4 is 28.9 Å². The largest absolute Gasteiger partial charge is 0.495 e. The van der Waals surface area contributed by atoms with Crippen LogP contribution in [0.25, 0.3) is 16.4 Å². The number of hydrogen-bond donors (Lipinski definition) is 0. The fourth-order valence-corrected chi connectivity index (χ4v) is 4.84. The predicted octanol–water partition coefficient (Wildman–Crippen LogP) is 4.22. The van der Waals surface area contributed by atoms with Gasteiger partial charge in [0, 0.05) is 6.42 Å². The molecule has 2 heterocycles. The Labute approximate surface area is 154 Å². The van der Waals surface area contributed by atoms with Gasteiger partial charge in [-0.05, 0) is 36.4 Å². The highest BCUT2D eigenvalue weighted by atomic mass is 32.2. The number of thiophene rings is 1. The van der Waals surface area contributed by atoms with E-state index in [9.17, 15) is 4.79 Å². The fraction of sp³-hybridized carbons (Fsp3) is 0.278. The molecule has 1 atom stereocenters. The molecule has 0 N–H and O–H groups in total. The van der Waals surface area contributed by atoms with Gasteiger partial charge in [-0.1, -0.05) is 30.0 Å². The van der Waals surface area contributed by atoms with Crippen molar-refractivity contribution in [3.63, 3.8) is 0 Å². The van der Waals surface area contributed by atoms with Gasteiger partial charge in [-0.15, -0.1) is 21.5 Å². The van der Waals surface area contributed by atoms with Gasteiger partial charge in [0.05, 0.1) is 22.9 Å². The molecule has 1 aromatic carbocycles. The topological polar surface area (TPSA) is 57.0 Å². The zero-order valence-corrected chi connectivity index (χ0v) is 15.3. The second-order valence-corrected chi connectivity index (χ2v) is 7.87. The van der Waals surface area contributed by atoms with Gasteiger partial charge in [-0.25, -0.2) is 0 Å². The van der Waals surface area contributed by atoms with Crippen LogP contribution < -0.4 is 4.74 Å². The molecule has 7 heteroatoms. The molecule has 1 saturated carbocycles. The van der Waals surface area contributed by atoms with Crippen LogP contribution in [0.4, 0.5) is 0 Å². The Kier molecular flexibility index (Phi) is 4.59. The van der Waals surface area contributed by atoms with Crippen LogP contribution in [0.15, 0.2) is 46.9 Å². The first-order valence-corrected chi connectivity index (χ1v) is 9.86. The molecule has 0 saturated heterocycles. The smallest absolute Gasteiger partial charge is 0.196 e. The maximum atomic E-state index is 12.1. The summed E-state index contributed by atoms with van der Waals surface area (Å²) in [6.45, 7) is 0. The Balaban J connectivity index is 1.83. The summed E-state index contributed by atoms with van der Waals surface area (Å²) in [4.78, 5) is 13.1. The molecule has 1 fully saturated rings. The lowest BCUT2D eigenvalue weighted by Gasteiger charge is -2.14. The van der Waals surface area contributed by atoms with Crippen LogP contribution in [0.3, 0.4) is 0 Å². The summed E-state index contributed by atoms with van der Waals surface area (Å²) in [7, 11) is 1.65. The first-order chi connectivity index (χ1) is 12.3. The minimum atomic E-state index is -0.0335. The normalized spacial score (nSPS) is 17.2. The van der Waals surface area contributed by atoms with E-state index in [0.29, 0.717) is 12.2 Å². The number of rotatable bonds is 5. The minimum Gasteiger partial charge on any atom is -0.495 e. The molecule has 4 rings (SSSR count). The summed E-state index contributed by atoms with van der Waals surface area (Å²) < 4.78 is 7.54. The molecule has 25 heavy (non-hydrogen) atoms. The van der Waals surface area contributed by atoms with Crippen molar-refractivity contribution in [2.75, 3.05) is 7.11 Å². The van der Waals surface area contributed by atoms with Crippen molar-refractivity contribution in [2.24, 2.45) is 0 Å². The van der Waals surface area contributed by atoms with Gasteiger partial charge in [0.2, 0.25) is 0 Å². The van der Waals surface area contributed by atoms with E-state index in [4.69, 9.17) is 4.74 Å². The average Bonchev–Trinajstić information content (AvgIpc) is 3.37. The third-order valence-corrected chi connectivity index (χ3v) is 6.32. The summed E-state index contributed by atoms with van der Waals surface area (Å²) in [6.07, 6.45) is 2.52. The first kappa shape index (κ1) is 16.4. The zero-order chi connectivity index (χ0) is 17.2. The number of aromatic nitrogens is 3. The Morgan fingerprint density at radius 3 is 2.84 bits per heavy atom. The third-order valence-electron chi connectivity index (χ3n) is 4.20. The van der Waals surface area contributed by atoms with Crippen LogP contribution in [-0.2, 0) is 4.79 Å². The summed E-state index contributed by atoms with van der Waals surface area (Å²) in [6, 6.07) is 11.8. The fourth-order valence-electron chi connectivity index (χ4n) is 2.98. The monoisotopic (exact) mass is 371 g/mol. The molecule has 2 aromatic heterocycles. The lowest BCUT2D eigenvalue weighted by Crippen LogP contribution is -2.10. The van der Waals surface area contributed by atoms with Crippen molar-refractivity contribution in [3.8, 4) is 22.1 Å². The van der Waals surface area contributed by atoms with Crippen molar-refractivity contribution in [1.82, 2.24) is 14.8 Å². The van der Waals surface area contributed by atoms with Crippen LogP contribution in [-0.4, -0.2) is 32.9 Å². The van der Waals surface area contributed by atoms with Crippen LogP contribution in [0.5, 0.6) is 5.75 Å². The lowest BCUT2D eigenvalue weighted by molar-refractivity contribution is -0.116. The van der Waals surface area contributed by atoms with Gasteiger partial charge in [-0.3, -0.25) is 9.36 Å². The number of Topliss-reactive ketones (excluding diaryl/α,β-unsaturated/α-hetero) is 1. The number of para-hydroxylation sites is 2. The molecule has 1 aliphatic carbocycles. The molecule has 3 aromatic rings. The van der Waals surface area contributed by atoms with E-state index in [-0.39, 0.29) is 5.25 Å². The van der Waals surface area contributed by atoms with E-state index in [2.05, 4.69) is 10.2 Å². The van der Waals surface area contributed by atoms with Crippen LogP contribution >= 0.6 is 23.1 Å². The van der Waals surface area contributed by atoms with E-state index >= 15 is 0 Å². The van der Waals surface area contributed by atoms with E-state index in [1.165, 1.54) is 11.8 Å². The highest BCUT2D eigenvalue weighted by Gasteiger charge is 2.29. The molecule has 128 valence electrons. The number of benzene rings is 1. The van der Waals surface area contributed by atoms with Gasteiger partial charge >= 0.3 is 0 Å². The van der Waals surface area contributed by atoms with E-state index < -0.39 is 0 Å². The van der Waals surface area contributed by atoms with E-state index in [0.717, 1.165) is 40.1 Å². The third kappa shape index (κ3) is 3.09. The van der Waals surface area contributed by atoms with Crippen molar-refractivity contribution in [1.29, 1.82) is 0 Å². The quantitative estimate of drug-likeness (QED) is 0.672. The SMILES string of the molecule is COc1ccccc1-n1c(S[C@H]2CCCC2=O)nnc1-c1cccs1. The second-order valence-electron chi connectivity index (χ2n) is 5.76. The average molecular weight is 371 g/mol. The highest BCUT2D eigenvalue weighted by molar-refractivity contribution is 8.00. The molecule has 0 unspecified atom stereocenters. The molecular weight excluding hydrogens is 354 g/mol. The summed E-state index contributed by atoms with van der Waals surface area (Å²) in [5.41, 5.74) is 0.881. The van der Waals surface area contributed by atoms with Gasteiger partial charge in [0.25, 0.3) is 0 Å². The summed E-state index contributed by atoms with van der Waals surface area (Å²) >= 11 is 3.12. The van der Waals surface area contributed by atoms with Gasteiger partial charge in [-0.2, -0.15) is 0 Å². The summed E-state index contributed by atoms with van der Waals surface area (Å²) in [5, 5.41) is 11.5. The van der Waals surface area contributed by atoms with Gasteiger partial charge < -0.3 is 4.74 Å². The Morgan fingerprint density at radius 1 is 1.24 bits per heavy atom. The summed E-state index contributed by atoms with van der Waals surface area (Å²) in [5.74, 6) is 1.82. The number of carbonyl (C=O) groups excluding carboxylic acids is 1. The molecule has 0 radical (unpaired) electrons. The lowest BCUT2D eigenvalue weighted by atomic mass is 10.3. The maximum Gasteiger partial charge on any atom is 0.196 e. The molecule has 0 bridgehead atoms. The number of ether oxygens (including phenoxy) is 1. The van der Waals surface area contributed by atoms with Crippen LogP contribution in [0.2, 0.25) is 0 Å². The minimum absolute atomic E-state index is 0.0335. The number of ketones is 1. The molecule has 5 nitrogen and oxygen atoms in total. The van der Waals surface area contributed by atoms with Gasteiger partial charge in [0.15, 0.2) is 11.0 Å². The van der Waals surface area contributed by atoms with Crippen molar-refractivity contribution < 1.29 is 9.53 Å². The molecule has 0 aliphatic heterocycles. The molecular formula is C18H17N3O2S2.